The summed E-state index contributed by atoms with van der Waals surface area (Å²) < 4.78 is 10.8. The van der Waals surface area contributed by atoms with Crippen molar-refractivity contribution in [2.45, 2.75) is 65.3 Å². The number of aromatic nitrogens is 2. The molecule has 0 bridgehead atoms. The molecule has 40 heavy (non-hydrogen) atoms. The Balaban J connectivity index is 1.71. The van der Waals surface area contributed by atoms with E-state index in [9.17, 15) is 9.59 Å². The number of carbonyl (C=O) groups excluding carboxylic acids is 2. The molecule has 3 rings (SSSR count). The summed E-state index contributed by atoms with van der Waals surface area (Å²) >= 11 is 0. The van der Waals surface area contributed by atoms with Gasteiger partial charge in [-0.05, 0) is 47.1 Å². The highest BCUT2D eigenvalue weighted by Crippen LogP contribution is 2.23. The number of allylic oxidation sites excluding steroid dienone is 2. The summed E-state index contributed by atoms with van der Waals surface area (Å²) in [6.07, 6.45) is 8.43. The Morgan fingerprint density at radius 1 is 1.05 bits per heavy atom. The minimum atomic E-state index is -0.548. The summed E-state index contributed by atoms with van der Waals surface area (Å²) in [5.74, 6) is 0.190. The quantitative estimate of drug-likeness (QED) is 0.334. The third-order valence-corrected chi connectivity index (χ3v) is 7.20. The van der Waals surface area contributed by atoms with Crippen LogP contribution >= 0.6 is 0 Å². The van der Waals surface area contributed by atoms with E-state index in [1.165, 1.54) is 12.4 Å². The Hall–Kier alpha value is -3.24. The van der Waals surface area contributed by atoms with Crippen molar-refractivity contribution in [3.05, 3.63) is 54.9 Å². The Morgan fingerprint density at radius 2 is 1.75 bits per heavy atom. The standard InChI is InChI=1S/C30H46N6O4/c1-9-12-24(10-2)19-35-18-23(5)36(29(38)40-30(6,7)8)21-26(35)20-33-13-14-34(17-22(33)4)28-31-15-25(16-32-28)27(37)39-11-3/h9-10,12,15-16,22-23,26H,1-2,11,13-14,17-21H2,3-8H3/b24-12+/t22-,23-,26+/m1/s1. The molecule has 0 unspecified atom stereocenters. The molecule has 1 aromatic heterocycles. The van der Waals surface area contributed by atoms with E-state index in [0.717, 1.165) is 44.8 Å². The lowest BCUT2D eigenvalue weighted by atomic mass is 10.0. The van der Waals surface area contributed by atoms with Crippen LogP contribution in [0.5, 0.6) is 0 Å². The number of amides is 1. The Labute approximate surface area is 239 Å². The lowest BCUT2D eigenvalue weighted by Crippen LogP contribution is -2.64. The number of ether oxygens (including phenoxy) is 2. The summed E-state index contributed by atoms with van der Waals surface area (Å²) in [5, 5.41) is 0. The highest BCUT2D eigenvalue weighted by atomic mass is 16.6. The van der Waals surface area contributed by atoms with Gasteiger partial charge < -0.3 is 19.3 Å². The molecule has 1 aromatic rings. The smallest absolute Gasteiger partial charge is 0.410 e. The number of carbonyl (C=O) groups is 2. The summed E-state index contributed by atoms with van der Waals surface area (Å²) in [6, 6.07) is 0.372. The molecule has 2 fully saturated rings. The predicted molar refractivity (Wildman–Crippen MR) is 157 cm³/mol. The number of hydrogen-bond donors (Lipinski definition) is 0. The molecule has 3 atom stereocenters. The van der Waals surface area contributed by atoms with Crippen molar-refractivity contribution < 1.29 is 19.1 Å². The molecule has 0 saturated carbocycles. The van der Waals surface area contributed by atoms with Gasteiger partial charge in [0, 0.05) is 76.3 Å². The van der Waals surface area contributed by atoms with Crippen LogP contribution in [0.3, 0.4) is 0 Å². The van der Waals surface area contributed by atoms with E-state index in [-0.39, 0.29) is 24.2 Å². The van der Waals surface area contributed by atoms with Crippen molar-refractivity contribution in [3.8, 4) is 0 Å². The molecule has 10 heteroatoms. The molecule has 0 aromatic carbocycles. The fourth-order valence-electron chi connectivity index (χ4n) is 5.15. The largest absolute Gasteiger partial charge is 0.462 e. The third kappa shape index (κ3) is 8.38. The first-order chi connectivity index (χ1) is 18.9. The highest BCUT2D eigenvalue weighted by Gasteiger charge is 2.38. The van der Waals surface area contributed by atoms with Crippen molar-refractivity contribution in [2.75, 3.05) is 57.3 Å². The van der Waals surface area contributed by atoms with Crippen LogP contribution in [0.1, 0.15) is 51.9 Å². The highest BCUT2D eigenvalue weighted by molar-refractivity contribution is 5.88. The maximum Gasteiger partial charge on any atom is 0.410 e. The molecule has 0 radical (unpaired) electrons. The fraction of sp³-hybridized carbons (Fsp3) is 0.600. The summed E-state index contributed by atoms with van der Waals surface area (Å²) in [4.78, 5) is 42.8. The molecular weight excluding hydrogens is 508 g/mol. The van der Waals surface area contributed by atoms with Crippen molar-refractivity contribution in [1.82, 2.24) is 24.7 Å². The van der Waals surface area contributed by atoms with Gasteiger partial charge in [0.15, 0.2) is 0 Å². The van der Waals surface area contributed by atoms with Gasteiger partial charge in [-0.25, -0.2) is 19.6 Å². The summed E-state index contributed by atoms with van der Waals surface area (Å²) in [5.41, 5.74) is 0.898. The van der Waals surface area contributed by atoms with Gasteiger partial charge in [-0.1, -0.05) is 31.4 Å². The van der Waals surface area contributed by atoms with Crippen LogP contribution in [0.2, 0.25) is 0 Å². The average Bonchev–Trinajstić information content (AvgIpc) is 2.90. The number of hydrogen-bond acceptors (Lipinski definition) is 9. The van der Waals surface area contributed by atoms with Crippen molar-refractivity contribution >= 4 is 18.0 Å². The van der Waals surface area contributed by atoms with Gasteiger partial charge >= 0.3 is 12.1 Å². The zero-order valence-electron chi connectivity index (χ0n) is 25.0. The normalized spacial score (nSPS) is 23.1. The number of anilines is 1. The monoisotopic (exact) mass is 554 g/mol. The van der Waals surface area contributed by atoms with Gasteiger partial charge in [-0.2, -0.15) is 0 Å². The Kier molecular flexibility index (Phi) is 10.9. The van der Waals surface area contributed by atoms with Crippen LogP contribution in [0.25, 0.3) is 0 Å². The van der Waals surface area contributed by atoms with Crippen molar-refractivity contribution in [2.24, 2.45) is 0 Å². The van der Waals surface area contributed by atoms with E-state index >= 15 is 0 Å². The first-order valence-electron chi connectivity index (χ1n) is 14.1. The van der Waals surface area contributed by atoms with Gasteiger partial charge in [0.05, 0.1) is 12.2 Å². The zero-order valence-corrected chi connectivity index (χ0v) is 25.0. The minimum absolute atomic E-state index is 0.0184. The first-order valence-corrected chi connectivity index (χ1v) is 14.1. The summed E-state index contributed by atoms with van der Waals surface area (Å²) in [6.45, 7) is 25.1. The van der Waals surface area contributed by atoms with Crippen LogP contribution in [0.15, 0.2) is 49.4 Å². The van der Waals surface area contributed by atoms with Gasteiger partial charge in [0.25, 0.3) is 0 Å². The van der Waals surface area contributed by atoms with Gasteiger partial charge in [-0.3, -0.25) is 9.80 Å². The second-order valence-electron chi connectivity index (χ2n) is 11.5. The van der Waals surface area contributed by atoms with E-state index in [2.05, 4.69) is 51.7 Å². The molecule has 2 aliphatic heterocycles. The number of rotatable bonds is 9. The molecule has 10 nitrogen and oxygen atoms in total. The molecule has 3 heterocycles. The number of piperazine rings is 2. The Bertz CT molecular complexity index is 1070. The van der Waals surface area contributed by atoms with Crippen LogP contribution < -0.4 is 4.90 Å². The van der Waals surface area contributed by atoms with E-state index in [1.54, 1.807) is 13.0 Å². The second kappa shape index (κ2) is 13.9. The van der Waals surface area contributed by atoms with Gasteiger partial charge in [0.1, 0.15) is 5.60 Å². The van der Waals surface area contributed by atoms with Gasteiger partial charge in [-0.15, -0.1) is 0 Å². The van der Waals surface area contributed by atoms with Crippen molar-refractivity contribution in [3.63, 3.8) is 0 Å². The minimum Gasteiger partial charge on any atom is -0.462 e. The maximum atomic E-state index is 13.1. The molecule has 0 aliphatic carbocycles. The van der Waals surface area contributed by atoms with Crippen LogP contribution in [-0.2, 0) is 9.47 Å². The zero-order chi connectivity index (χ0) is 29.4. The van der Waals surface area contributed by atoms with Crippen LogP contribution in [0, 0.1) is 0 Å². The van der Waals surface area contributed by atoms with E-state index < -0.39 is 11.6 Å². The fourth-order valence-corrected chi connectivity index (χ4v) is 5.15. The Morgan fingerprint density at radius 3 is 2.33 bits per heavy atom. The SMILES string of the molecule is C=C/C=C(\C=C)CN1C[C@@H](C)N(C(=O)OC(C)(C)C)C[C@@H]1CN1CCN(c2ncc(C(=O)OCC)cn2)C[C@H]1C. The second-order valence-corrected chi connectivity index (χ2v) is 11.5. The number of esters is 1. The van der Waals surface area contributed by atoms with Crippen molar-refractivity contribution in [1.29, 1.82) is 0 Å². The molecule has 0 spiro atoms. The molecule has 2 aliphatic rings. The molecule has 1 amide bonds. The average molecular weight is 555 g/mol. The van der Waals surface area contributed by atoms with E-state index in [4.69, 9.17) is 9.47 Å². The van der Waals surface area contributed by atoms with E-state index in [0.29, 0.717) is 24.7 Å². The van der Waals surface area contributed by atoms with Crippen LogP contribution in [0.4, 0.5) is 10.7 Å². The third-order valence-electron chi connectivity index (χ3n) is 7.20. The lowest BCUT2D eigenvalue weighted by Gasteiger charge is -2.48. The molecule has 2 saturated heterocycles. The molecule has 0 N–H and O–H groups in total. The molecular formula is C30H46N6O4. The first kappa shape index (κ1) is 31.3. The number of nitrogens with zero attached hydrogens (tertiary/aromatic N) is 6. The van der Waals surface area contributed by atoms with Gasteiger partial charge in [0.2, 0.25) is 5.95 Å². The predicted octanol–water partition coefficient (Wildman–Crippen LogP) is 3.77. The molecule has 220 valence electrons. The van der Waals surface area contributed by atoms with Crippen LogP contribution in [-0.4, -0.2) is 113 Å². The maximum absolute atomic E-state index is 13.1. The topological polar surface area (TPSA) is 91.3 Å². The summed E-state index contributed by atoms with van der Waals surface area (Å²) in [7, 11) is 0. The van der Waals surface area contributed by atoms with E-state index in [1.807, 2.05) is 37.8 Å². The lowest BCUT2D eigenvalue weighted by molar-refractivity contribution is -0.0182.